The van der Waals surface area contributed by atoms with E-state index in [4.69, 9.17) is 5.11 Å². The predicted octanol–water partition coefficient (Wildman–Crippen LogP) is 1.92. The second-order valence-electron chi connectivity index (χ2n) is 5.27. The summed E-state index contributed by atoms with van der Waals surface area (Å²) in [5.41, 5.74) is 1.28. The van der Waals surface area contributed by atoms with Crippen molar-refractivity contribution in [3.05, 3.63) is 60.2 Å². The number of nitrogens with one attached hydrogen (secondary N) is 2. The van der Waals surface area contributed by atoms with Gasteiger partial charge >= 0.3 is 5.97 Å². The van der Waals surface area contributed by atoms with Crippen LogP contribution in [0.3, 0.4) is 0 Å². The van der Waals surface area contributed by atoms with Gasteiger partial charge in [0.25, 0.3) is 0 Å². The summed E-state index contributed by atoms with van der Waals surface area (Å²) in [4.78, 5) is 22.2. The van der Waals surface area contributed by atoms with Crippen LogP contribution in [-0.4, -0.2) is 36.9 Å². The number of carbonyl (C=O) groups is 2. The number of amides is 1. The molecule has 7 nitrogen and oxygen atoms in total. The van der Waals surface area contributed by atoms with Gasteiger partial charge in [0.05, 0.1) is 16.4 Å². The van der Waals surface area contributed by atoms with Crippen molar-refractivity contribution in [1.29, 1.82) is 0 Å². The lowest BCUT2D eigenvalue weighted by Gasteiger charge is -2.09. The molecule has 2 rings (SSSR count). The van der Waals surface area contributed by atoms with Crippen LogP contribution in [0.25, 0.3) is 0 Å². The van der Waals surface area contributed by atoms with Gasteiger partial charge in [0.15, 0.2) is 0 Å². The smallest absolute Gasteiger partial charge is 0.313 e. The zero-order valence-corrected chi connectivity index (χ0v) is 15.3. The molecular weight excluding hydrogens is 376 g/mol. The van der Waals surface area contributed by atoms with E-state index in [0.717, 1.165) is 17.3 Å². The van der Waals surface area contributed by atoms with Crippen LogP contribution in [0.2, 0.25) is 0 Å². The Hall–Kier alpha value is -2.36. The third-order valence-corrected chi connectivity index (χ3v) is 5.55. The highest BCUT2D eigenvalue weighted by Gasteiger charge is 2.14. The summed E-state index contributed by atoms with van der Waals surface area (Å²) in [5, 5.41) is 11.1. The molecule has 0 aliphatic carbocycles. The Balaban J connectivity index is 1.91. The Morgan fingerprint density at radius 3 is 2.23 bits per heavy atom. The summed E-state index contributed by atoms with van der Waals surface area (Å²) in [5.74, 6) is -1.49. The van der Waals surface area contributed by atoms with Gasteiger partial charge in [-0.2, -0.15) is 0 Å². The Labute approximate surface area is 155 Å². The van der Waals surface area contributed by atoms with Gasteiger partial charge in [0, 0.05) is 12.2 Å². The van der Waals surface area contributed by atoms with E-state index in [9.17, 15) is 18.0 Å². The zero-order valence-electron chi connectivity index (χ0n) is 13.7. The number of anilines is 1. The molecule has 138 valence electrons. The Morgan fingerprint density at radius 1 is 0.962 bits per heavy atom. The van der Waals surface area contributed by atoms with Crippen LogP contribution in [0, 0.1) is 0 Å². The van der Waals surface area contributed by atoms with E-state index in [1.807, 2.05) is 30.3 Å². The van der Waals surface area contributed by atoms with Gasteiger partial charge in [0.1, 0.15) is 0 Å². The number of hydrogen-bond donors (Lipinski definition) is 3. The summed E-state index contributed by atoms with van der Waals surface area (Å²) in [6.07, 6.45) is 0. The normalized spacial score (nSPS) is 11.1. The molecule has 1 amide bonds. The molecule has 0 bridgehead atoms. The van der Waals surface area contributed by atoms with E-state index >= 15 is 0 Å². The third-order valence-electron chi connectivity index (χ3n) is 3.22. The molecule has 0 atom stereocenters. The monoisotopic (exact) mass is 394 g/mol. The molecule has 2 aromatic carbocycles. The van der Waals surface area contributed by atoms with Crippen LogP contribution in [0.4, 0.5) is 5.69 Å². The second kappa shape index (κ2) is 9.37. The summed E-state index contributed by atoms with van der Waals surface area (Å²) in [7, 11) is -3.66. The summed E-state index contributed by atoms with van der Waals surface area (Å²) in [6, 6.07) is 14.9. The lowest BCUT2D eigenvalue weighted by molar-refractivity contribution is -0.133. The number of hydrogen-bond acceptors (Lipinski definition) is 5. The van der Waals surface area contributed by atoms with E-state index in [1.165, 1.54) is 24.3 Å². The van der Waals surface area contributed by atoms with Crippen molar-refractivity contribution in [2.75, 3.05) is 16.8 Å². The van der Waals surface area contributed by atoms with Crippen molar-refractivity contribution in [3.8, 4) is 0 Å². The third kappa shape index (κ3) is 6.51. The highest BCUT2D eigenvalue weighted by molar-refractivity contribution is 8.00. The highest BCUT2D eigenvalue weighted by atomic mass is 32.2. The molecule has 0 saturated heterocycles. The van der Waals surface area contributed by atoms with Crippen LogP contribution in [-0.2, 0) is 26.2 Å². The summed E-state index contributed by atoms with van der Waals surface area (Å²) in [6.45, 7) is 0.183. The number of carboxylic acid groups (broad SMARTS) is 1. The number of thioether (sulfide) groups is 1. The van der Waals surface area contributed by atoms with E-state index in [-0.39, 0.29) is 28.9 Å². The van der Waals surface area contributed by atoms with Crippen molar-refractivity contribution in [2.45, 2.75) is 11.4 Å². The van der Waals surface area contributed by atoms with E-state index in [1.54, 1.807) is 0 Å². The fourth-order valence-corrected chi connectivity index (χ4v) is 3.56. The largest absolute Gasteiger partial charge is 0.481 e. The molecule has 3 N–H and O–H groups in total. The van der Waals surface area contributed by atoms with Gasteiger partial charge in [-0.15, -0.1) is 11.8 Å². The number of aliphatic carboxylic acids is 1. The first-order valence-corrected chi connectivity index (χ1v) is 10.2. The summed E-state index contributed by atoms with van der Waals surface area (Å²) >= 11 is 0.983. The van der Waals surface area contributed by atoms with Crippen LogP contribution in [0.5, 0.6) is 0 Å². The van der Waals surface area contributed by atoms with Crippen LogP contribution in [0.1, 0.15) is 5.56 Å². The molecule has 2 aromatic rings. The Morgan fingerprint density at radius 2 is 1.62 bits per heavy atom. The maximum atomic E-state index is 12.3. The first-order valence-electron chi connectivity index (χ1n) is 7.60. The number of benzene rings is 2. The maximum absolute atomic E-state index is 12.3. The van der Waals surface area contributed by atoms with Crippen molar-refractivity contribution in [1.82, 2.24) is 4.72 Å². The van der Waals surface area contributed by atoms with Crippen molar-refractivity contribution >= 4 is 39.3 Å². The lowest BCUT2D eigenvalue weighted by Crippen LogP contribution is -2.23. The summed E-state index contributed by atoms with van der Waals surface area (Å²) < 4.78 is 27.1. The van der Waals surface area contributed by atoms with Gasteiger partial charge in [-0.05, 0) is 29.8 Å². The first kappa shape index (κ1) is 20.0. The van der Waals surface area contributed by atoms with E-state index < -0.39 is 16.0 Å². The second-order valence-corrected chi connectivity index (χ2v) is 8.02. The average Bonchev–Trinajstić information content (AvgIpc) is 2.61. The van der Waals surface area contributed by atoms with Crippen LogP contribution < -0.4 is 10.0 Å². The van der Waals surface area contributed by atoms with Gasteiger partial charge < -0.3 is 10.4 Å². The molecule has 0 saturated carbocycles. The minimum absolute atomic E-state index is 0.00494. The minimum atomic E-state index is -3.66. The van der Waals surface area contributed by atoms with Crippen LogP contribution in [0.15, 0.2) is 59.5 Å². The number of sulfonamides is 1. The molecule has 0 heterocycles. The van der Waals surface area contributed by atoms with Crippen LogP contribution >= 0.6 is 11.8 Å². The number of rotatable bonds is 9. The Kier molecular flexibility index (Phi) is 7.19. The molecule has 9 heteroatoms. The zero-order chi connectivity index (χ0) is 19.0. The van der Waals surface area contributed by atoms with Crippen molar-refractivity contribution < 1.29 is 23.1 Å². The number of carboxylic acids is 1. The van der Waals surface area contributed by atoms with Gasteiger partial charge in [0.2, 0.25) is 15.9 Å². The molecule has 0 fully saturated rings. The highest BCUT2D eigenvalue weighted by Crippen LogP contribution is 2.15. The molecule has 0 radical (unpaired) electrons. The molecule has 0 spiro atoms. The molecule has 0 aliphatic heterocycles. The SMILES string of the molecule is O=C(O)CSCC(=O)Nc1ccc(S(=O)(=O)NCc2ccccc2)cc1. The van der Waals surface area contributed by atoms with E-state index in [2.05, 4.69) is 10.0 Å². The first-order chi connectivity index (χ1) is 12.4. The molecule has 0 aliphatic rings. The number of carbonyl (C=O) groups excluding carboxylic acids is 1. The minimum Gasteiger partial charge on any atom is -0.481 e. The molecule has 26 heavy (non-hydrogen) atoms. The standard InChI is InChI=1S/C17H18N2O5S2/c20-16(11-25-12-17(21)22)19-14-6-8-15(9-7-14)26(23,24)18-10-13-4-2-1-3-5-13/h1-9,18H,10-12H2,(H,19,20)(H,21,22). The van der Waals surface area contributed by atoms with Gasteiger partial charge in [-0.1, -0.05) is 30.3 Å². The predicted molar refractivity (Wildman–Crippen MR) is 101 cm³/mol. The van der Waals surface area contributed by atoms with Crippen molar-refractivity contribution in [3.63, 3.8) is 0 Å². The van der Waals surface area contributed by atoms with E-state index in [0.29, 0.717) is 5.69 Å². The van der Waals surface area contributed by atoms with Gasteiger partial charge in [-0.25, -0.2) is 13.1 Å². The lowest BCUT2D eigenvalue weighted by atomic mass is 10.2. The maximum Gasteiger partial charge on any atom is 0.313 e. The molecule has 0 unspecified atom stereocenters. The van der Waals surface area contributed by atoms with Crippen molar-refractivity contribution in [2.24, 2.45) is 0 Å². The average molecular weight is 394 g/mol. The fourth-order valence-electron chi connectivity index (χ4n) is 2.00. The topological polar surface area (TPSA) is 113 Å². The fraction of sp³-hybridized carbons (Fsp3) is 0.176. The molecular formula is C17H18N2O5S2. The quantitative estimate of drug-likeness (QED) is 0.599. The van der Waals surface area contributed by atoms with Gasteiger partial charge in [-0.3, -0.25) is 9.59 Å². The Bertz CT molecular complexity index is 852. The molecule has 0 aromatic heterocycles.